The Kier molecular flexibility index (Phi) is 4.21. The maximum absolute atomic E-state index is 13.2. The summed E-state index contributed by atoms with van der Waals surface area (Å²) in [5.41, 5.74) is -0.585. The Labute approximate surface area is 102 Å². The molecule has 0 aliphatic carbocycles. The monoisotopic (exact) mass is 266 g/mol. The highest BCUT2D eigenvalue weighted by Crippen LogP contribution is 2.27. The van der Waals surface area contributed by atoms with Gasteiger partial charge in [0.1, 0.15) is 6.61 Å². The zero-order chi connectivity index (χ0) is 14.1. The molecule has 102 valence electrons. The Morgan fingerprint density at radius 1 is 1.11 bits per heavy atom. The fourth-order valence-electron chi connectivity index (χ4n) is 1.09. The maximum atomic E-state index is 13.2. The second-order valence-electron chi connectivity index (χ2n) is 4.99. The molecule has 0 radical (unpaired) electrons. The van der Waals surface area contributed by atoms with E-state index in [0.29, 0.717) is 0 Å². The van der Waals surface area contributed by atoms with Crippen LogP contribution >= 0.6 is 0 Å². The first-order chi connectivity index (χ1) is 8.14. The predicted octanol–water partition coefficient (Wildman–Crippen LogP) is 3.03. The lowest BCUT2D eigenvalue weighted by Crippen LogP contribution is -2.32. The van der Waals surface area contributed by atoms with Crippen molar-refractivity contribution in [3.05, 3.63) is 29.3 Å². The van der Waals surface area contributed by atoms with Crippen molar-refractivity contribution in [2.75, 3.05) is 6.61 Å². The minimum absolute atomic E-state index is 0.0950. The van der Waals surface area contributed by atoms with Crippen molar-refractivity contribution < 1.29 is 27.4 Å². The average molecular weight is 266 g/mol. The number of benzene rings is 1. The number of aliphatic hydroxyl groups excluding tert-OH is 1. The Morgan fingerprint density at radius 3 is 1.94 bits per heavy atom. The number of aliphatic hydroxyl groups is 1. The van der Waals surface area contributed by atoms with Crippen molar-refractivity contribution in [3.63, 3.8) is 0 Å². The fourth-order valence-corrected chi connectivity index (χ4v) is 1.09. The molecule has 0 spiro atoms. The largest absolute Gasteiger partial charge is 0.485 e. The molecule has 0 saturated carbocycles. The SMILES string of the molecule is CC(C)(C)C(O)COc1c(F)c(F)cc(F)c1F. The number of halogens is 4. The molecule has 0 saturated heterocycles. The van der Waals surface area contributed by atoms with E-state index in [1.165, 1.54) is 0 Å². The first-order valence-electron chi connectivity index (χ1n) is 5.28. The van der Waals surface area contributed by atoms with Crippen LogP contribution in [0.4, 0.5) is 17.6 Å². The zero-order valence-corrected chi connectivity index (χ0v) is 10.2. The third-order valence-electron chi connectivity index (χ3n) is 2.46. The van der Waals surface area contributed by atoms with Gasteiger partial charge in [-0.1, -0.05) is 20.8 Å². The summed E-state index contributed by atoms with van der Waals surface area (Å²) in [5, 5.41) is 9.61. The van der Waals surface area contributed by atoms with Gasteiger partial charge in [-0.05, 0) is 5.41 Å². The summed E-state index contributed by atoms with van der Waals surface area (Å²) in [6, 6.07) is 0.0950. The van der Waals surface area contributed by atoms with E-state index in [0.717, 1.165) is 0 Å². The number of rotatable bonds is 3. The zero-order valence-electron chi connectivity index (χ0n) is 10.2. The molecule has 0 bridgehead atoms. The lowest BCUT2D eigenvalue weighted by atomic mass is 9.90. The van der Waals surface area contributed by atoms with Crippen LogP contribution in [0.15, 0.2) is 6.07 Å². The minimum Gasteiger partial charge on any atom is -0.485 e. The third-order valence-corrected chi connectivity index (χ3v) is 2.46. The molecule has 18 heavy (non-hydrogen) atoms. The van der Waals surface area contributed by atoms with Gasteiger partial charge in [-0.3, -0.25) is 0 Å². The second-order valence-corrected chi connectivity index (χ2v) is 4.99. The standard InChI is InChI=1S/C12H14F4O2/c1-12(2,3)8(17)5-18-11-9(15)6(13)4-7(14)10(11)16/h4,8,17H,5H2,1-3H3. The van der Waals surface area contributed by atoms with E-state index in [1.807, 2.05) is 0 Å². The quantitative estimate of drug-likeness (QED) is 0.673. The molecule has 0 amide bonds. The fraction of sp³-hybridized carbons (Fsp3) is 0.500. The van der Waals surface area contributed by atoms with Gasteiger partial charge in [0.25, 0.3) is 0 Å². The molecule has 1 atom stereocenters. The molecule has 2 nitrogen and oxygen atoms in total. The molecule has 0 fully saturated rings. The van der Waals surface area contributed by atoms with Gasteiger partial charge in [-0.25, -0.2) is 8.78 Å². The molecule has 1 N–H and O–H groups in total. The van der Waals surface area contributed by atoms with Gasteiger partial charge in [0.15, 0.2) is 17.4 Å². The van der Waals surface area contributed by atoms with Gasteiger partial charge in [0.2, 0.25) is 11.6 Å². The normalized spacial score (nSPS) is 13.6. The van der Waals surface area contributed by atoms with E-state index < -0.39 is 47.1 Å². The lowest BCUT2D eigenvalue weighted by molar-refractivity contribution is 0.0191. The van der Waals surface area contributed by atoms with E-state index in [2.05, 4.69) is 4.74 Å². The highest BCUT2D eigenvalue weighted by molar-refractivity contribution is 5.28. The molecule has 1 unspecified atom stereocenters. The second kappa shape index (κ2) is 5.14. The maximum Gasteiger partial charge on any atom is 0.203 e. The molecule has 1 aromatic carbocycles. The Morgan fingerprint density at radius 2 is 1.56 bits per heavy atom. The van der Waals surface area contributed by atoms with Crippen molar-refractivity contribution in [1.82, 2.24) is 0 Å². The average Bonchev–Trinajstić information content (AvgIpc) is 2.25. The van der Waals surface area contributed by atoms with Crippen LogP contribution in [0.25, 0.3) is 0 Å². The summed E-state index contributed by atoms with van der Waals surface area (Å²) in [5.74, 6) is -7.48. The molecular formula is C12H14F4O2. The molecule has 6 heteroatoms. The van der Waals surface area contributed by atoms with E-state index >= 15 is 0 Å². The molecule has 1 aromatic rings. The van der Waals surface area contributed by atoms with Gasteiger partial charge in [-0.15, -0.1) is 0 Å². The summed E-state index contributed by atoms with van der Waals surface area (Å²) in [6.45, 7) is 4.57. The van der Waals surface area contributed by atoms with Gasteiger partial charge in [-0.2, -0.15) is 8.78 Å². The smallest absolute Gasteiger partial charge is 0.203 e. The molecule has 0 aromatic heterocycles. The predicted molar refractivity (Wildman–Crippen MR) is 57.2 cm³/mol. The van der Waals surface area contributed by atoms with Crippen LogP contribution in [-0.4, -0.2) is 17.8 Å². The summed E-state index contributed by atoms with van der Waals surface area (Å²) in [4.78, 5) is 0. The van der Waals surface area contributed by atoms with Crippen molar-refractivity contribution in [1.29, 1.82) is 0 Å². The van der Waals surface area contributed by atoms with Crippen molar-refractivity contribution >= 4 is 0 Å². The Hall–Kier alpha value is -1.30. The van der Waals surface area contributed by atoms with Crippen LogP contribution in [0.3, 0.4) is 0 Å². The van der Waals surface area contributed by atoms with E-state index in [9.17, 15) is 22.7 Å². The summed E-state index contributed by atoms with van der Waals surface area (Å²) >= 11 is 0. The van der Waals surface area contributed by atoms with Crippen LogP contribution in [0.2, 0.25) is 0 Å². The molecule has 0 heterocycles. The number of ether oxygens (including phenoxy) is 1. The first kappa shape index (κ1) is 14.8. The van der Waals surface area contributed by atoms with Crippen LogP contribution in [0.1, 0.15) is 20.8 Å². The minimum atomic E-state index is -1.62. The number of hydrogen-bond donors (Lipinski definition) is 1. The summed E-state index contributed by atoms with van der Waals surface area (Å²) in [7, 11) is 0. The van der Waals surface area contributed by atoms with Crippen molar-refractivity contribution in [2.45, 2.75) is 26.9 Å². The van der Waals surface area contributed by atoms with Crippen molar-refractivity contribution in [3.8, 4) is 5.75 Å². The van der Waals surface area contributed by atoms with Crippen molar-refractivity contribution in [2.24, 2.45) is 5.41 Å². The molecule has 0 aliphatic rings. The number of hydrogen-bond acceptors (Lipinski definition) is 2. The Bertz CT molecular complexity index is 414. The van der Waals surface area contributed by atoms with Crippen LogP contribution in [0.5, 0.6) is 5.75 Å². The molecule has 0 aliphatic heterocycles. The van der Waals surface area contributed by atoms with Crippen LogP contribution < -0.4 is 4.74 Å². The lowest BCUT2D eigenvalue weighted by Gasteiger charge is -2.25. The van der Waals surface area contributed by atoms with Gasteiger partial charge < -0.3 is 9.84 Å². The molecule has 1 rings (SSSR count). The highest BCUT2D eigenvalue weighted by atomic mass is 19.2. The molecular weight excluding hydrogens is 252 g/mol. The van der Waals surface area contributed by atoms with E-state index in [1.54, 1.807) is 20.8 Å². The van der Waals surface area contributed by atoms with Crippen LogP contribution in [0, 0.1) is 28.7 Å². The Balaban J connectivity index is 2.92. The third kappa shape index (κ3) is 3.13. The first-order valence-corrected chi connectivity index (χ1v) is 5.28. The summed E-state index contributed by atoms with van der Waals surface area (Å²) in [6.07, 6.45) is -1.04. The van der Waals surface area contributed by atoms with Gasteiger partial charge >= 0.3 is 0 Å². The van der Waals surface area contributed by atoms with E-state index in [-0.39, 0.29) is 6.07 Å². The highest BCUT2D eigenvalue weighted by Gasteiger charge is 2.26. The van der Waals surface area contributed by atoms with E-state index in [4.69, 9.17) is 0 Å². The van der Waals surface area contributed by atoms with Gasteiger partial charge in [0, 0.05) is 6.07 Å². The van der Waals surface area contributed by atoms with Gasteiger partial charge in [0.05, 0.1) is 6.10 Å². The summed E-state index contributed by atoms with van der Waals surface area (Å²) < 4.78 is 56.7. The van der Waals surface area contributed by atoms with Crippen LogP contribution in [-0.2, 0) is 0 Å². The topological polar surface area (TPSA) is 29.5 Å².